The molecule has 6 heteroatoms. The predicted molar refractivity (Wildman–Crippen MR) is 46.5 cm³/mol. The maximum Gasteiger partial charge on any atom is 0.308 e. The molecule has 13 heavy (non-hydrogen) atoms. The first kappa shape index (κ1) is 8.06. The van der Waals surface area contributed by atoms with E-state index in [2.05, 4.69) is 14.3 Å². The third-order valence-electron chi connectivity index (χ3n) is 1.52. The smallest absolute Gasteiger partial charge is 0.308 e. The minimum atomic E-state index is -0.871. The van der Waals surface area contributed by atoms with Gasteiger partial charge in [0.25, 0.3) is 0 Å². The van der Waals surface area contributed by atoms with Crippen LogP contribution in [0.2, 0.25) is 0 Å². The molecule has 0 radical (unpaired) electrons. The summed E-state index contributed by atoms with van der Waals surface area (Å²) >= 11 is 1.16. The number of carboxylic acid groups (broad SMARTS) is 1. The number of hydrogen-bond acceptors (Lipinski definition) is 5. The van der Waals surface area contributed by atoms with Gasteiger partial charge in [0.15, 0.2) is 0 Å². The average molecular weight is 195 g/mol. The van der Waals surface area contributed by atoms with Crippen LogP contribution in [-0.2, 0) is 11.2 Å². The molecule has 0 aliphatic rings. The molecule has 0 fully saturated rings. The maximum absolute atomic E-state index is 10.4. The predicted octanol–water partition coefficient (Wildman–Crippen LogP) is 0.713. The number of aliphatic carboxylic acids is 1. The largest absolute Gasteiger partial charge is 0.481 e. The van der Waals surface area contributed by atoms with Crippen LogP contribution in [0.3, 0.4) is 0 Å². The molecule has 0 unspecified atom stereocenters. The number of aromatic nitrogens is 3. The van der Waals surface area contributed by atoms with E-state index in [0.29, 0.717) is 15.9 Å². The van der Waals surface area contributed by atoms with Gasteiger partial charge < -0.3 is 5.11 Å². The van der Waals surface area contributed by atoms with Crippen molar-refractivity contribution >= 4 is 28.5 Å². The standard InChI is InChI=1S/C7H5N3O2S/c11-6(12)1-5-7-4(10-13-5)2-8-3-9-7/h2-3H,1H2,(H,11,12). The average Bonchev–Trinajstić information content (AvgIpc) is 2.48. The zero-order valence-electron chi connectivity index (χ0n) is 6.47. The first-order valence-electron chi connectivity index (χ1n) is 3.53. The Morgan fingerprint density at radius 1 is 1.62 bits per heavy atom. The number of carbonyl (C=O) groups is 1. The van der Waals surface area contributed by atoms with Gasteiger partial charge in [-0.3, -0.25) is 4.79 Å². The van der Waals surface area contributed by atoms with Gasteiger partial charge in [0.2, 0.25) is 0 Å². The molecule has 2 rings (SSSR count). The highest BCUT2D eigenvalue weighted by atomic mass is 32.1. The summed E-state index contributed by atoms with van der Waals surface area (Å²) in [6, 6.07) is 0. The molecule has 0 aliphatic heterocycles. The molecule has 0 aromatic carbocycles. The van der Waals surface area contributed by atoms with E-state index in [9.17, 15) is 4.79 Å². The molecule has 2 heterocycles. The second-order valence-corrected chi connectivity index (χ2v) is 3.29. The van der Waals surface area contributed by atoms with Crippen molar-refractivity contribution in [3.63, 3.8) is 0 Å². The van der Waals surface area contributed by atoms with Gasteiger partial charge in [-0.1, -0.05) is 0 Å². The van der Waals surface area contributed by atoms with Crippen LogP contribution in [0.5, 0.6) is 0 Å². The fourth-order valence-electron chi connectivity index (χ4n) is 1.00. The molecule has 1 N–H and O–H groups in total. The van der Waals surface area contributed by atoms with Gasteiger partial charge in [-0.2, -0.15) is 4.37 Å². The Morgan fingerprint density at radius 3 is 3.23 bits per heavy atom. The summed E-state index contributed by atoms with van der Waals surface area (Å²) in [4.78, 5) is 18.9. The van der Waals surface area contributed by atoms with E-state index in [1.165, 1.54) is 6.33 Å². The number of carboxylic acids is 1. The molecule has 0 atom stereocenters. The third-order valence-corrected chi connectivity index (χ3v) is 2.37. The fourth-order valence-corrected chi connectivity index (χ4v) is 1.78. The fraction of sp³-hybridized carbons (Fsp3) is 0.143. The zero-order chi connectivity index (χ0) is 9.26. The molecule has 0 spiro atoms. The monoisotopic (exact) mass is 195 g/mol. The Bertz CT molecular complexity index is 454. The van der Waals surface area contributed by atoms with Crippen LogP contribution >= 0.6 is 11.5 Å². The van der Waals surface area contributed by atoms with Gasteiger partial charge in [-0.25, -0.2) is 9.97 Å². The molecule has 5 nitrogen and oxygen atoms in total. The van der Waals surface area contributed by atoms with Crippen molar-refractivity contribution in [3.05, 3.63) is 17.4 Å². The lowest BCUT2D eigenvalue weighted by Gasteiger charge is -1.89. The van der Waals surface area contributed by atoms with Crippen molar-refractivity contribution in [1.82, 2.24) is 14.3 Å². The Labute approximate surface area is 77.2 Å². The van der Waals surface area contributed by atoms with E-state index in [-0.39, 0.29) is 6.42 Å². The van der Waals surface area contributed by atoms with E-state index in [1.54, 1.807) is 6.20 Å². The van der Waals surface area contributed by atoms with E-state index in [1.807, 2.05) is 0 Å². The van der Waals surface area contributed by atoms with Gasteiger partial charge in [-0.15, -0.1) is 0 Å². The molecule has 2 aromatic rings. The highest BCUT2D eigenvalue weighted by Gasteiger charge is 2.09. The van der Waals surface area contributed by atoms with E-state index >= 15 is 0 Å². The molecule has 0 saturated carbocycles. The lowest BCUT2D eigenvalue weighted by atomic mass is 10.3. The summed E-state index contributed by atoms with van der Waals surface area (Å²) < 4.78 is 4.03. The van der Waals surface area contributed by atoms with Crippen molar-refractivity contribution < 1.29 is 9.90 Å². The molecule has 0 bridgehead atoms. The van der Waals surface area contributed by atoms with Crippen molar-refractivity contribution in [2.75, 3.05) is 0 Å². The highest BCUT2D eigenvalue weighted by molar-refractivity contribution is 7.07. The van der Waals surface area contributed by atoms with Crippen molar-refractivity contribution in [3.8, 4) is 0 Å². The SMILES string of the molecule is O=C(O)Cc1snc2cncnc12. The lowest BCUT2D eigenvalue weighted by molar-refractivity contribution is -0.136. The van der Waals surface area contributed by atoms with Crippen LogP contribution in [0, 0.1) is 0 Å². The van der Waals surface area contributed by atoms with Crippen LogP contribution in [-0.4, -0.2) is 25.4 Å². The van der Waals surface area contributed by atoms with Gasteiger partial charge in [0, 0.05) is 0 Å². The molecule has 0 aliphatic carbocycles. The first-order chi connectivity index (χ1) is 6.27. The number of rotatable bonds is 2. The second kappa shape index (κ2) is 3.06. The van der Waals surface area contributed by atoms with E-state index in [0.717, 1.165) is 11.5 Å². The minimum absolute atomic E-state index is 0.0296. The highest BCUT2D eigenvalue weighted by Crippen LogP contribution is 2.19. The normalized spacial score (nSPS) is 10.5. The van der Waals surface area contributed by atoms with Crippen LogP contribution < -0.4 is 0 Å². The lowest BCUT2D eigenvalue weighted by Crippen LogP contribution is -1.98. The summed E-state index contributed by atoms with van der Waals surface area (Å²) in [5, 5.41) is 8.58. The maximum atomic E-state index is 10.4. The van der Waals surface area contributed by atoms with Crippen molar-refractivity contribution in [2.24, 2.45) is 0 Å². The Kier molecular flexibility index (Phi) is 1.90. The Hall–Kier alpha value is -1.56. The van der Waals surface area contributed by atoms with E-state index < -0.39 is 5.97 Å². The second-order valence-electron chi connectivity index (χ2n) is 2.43. The van der Waals surface area contributed by atoms with Gasteiger partial charge in [-0.05, 0) is 11.5 Å². The van der Waals surface area contributed by atoms with Crippen molar-refractivity contribution in [2.45, 2.75) is 6.42 Å². The molecule has 66 valence electrons. The zero-order valence-corrected chi connectivity index (χ0v) is 7.28. The van der Waals surface area contributed by atoms with Crippen LogP contribution in [0.1, 0.15) is 4.88 Å². The Morgan fingerprint density at radius 2 is 2.46 bits per heavy atom. The molecular formula is C7H5N3O2S. The van der Waals surface area contributed by atoms with Gasteiger partial charge in [0.05, 0.1) is 17.5 Å². The summed E-state index contributed by atoms with van der Waals surface area (Å²) in [6.07, 6.45) is 2.93. The van der Waals surface area contributed by atoms with E-state index in [4.69, 9.17) is 5.11 Å². The summed E-state index contributed by atoms with van der Waals surface area (Å²) in [5.41, 5.74) is 1.30. The van der Waals surface area contributed by atoms with Crippen molar-refractivity contribution in [1.29, 1.82) is 0 Å². The van der Waals surface area contributed by atoms with Crippen LogP contribution in [0.15, 0.2) is 12.5 Å². The molecule has 0 amide bonds. The summed E-state index contributed by atoms with van der Waals surface area (Å²) in [6.45, 7) is 0. The topological polar surface area (TPSA) is 76.0 Å². The minimum Gasteiger partial charge on any atom is -0.481 e. The van der Waals surface area contributed by atoms with Gasteiger partial charge >= 0.3 is 5.97 Å². The third kappa shape index (κ3) is 1.48. The number of nitrogens with zero attached hydrogens (tertiary/aromatic N) is 3. The number of fused-ring (bicyclic) bond motifs is 1. The summed E-state index contributed by atoms with van der Waals surface area (Å²) in [5.74, 6) is -0.871. The summed E-state index contributed by atoms with van der Waals surface area (Å²) in [7, 11) is 0. The first-order valence-corrected chi connectivity index (χ1v) is 4.31. The molecule has 2 aromatic heterocycles. The number of hydrogen-bond donors (Lipinski definition) is 1. The Balaban J connectivity index is 2.51. The molecular weight excluding hydrogens is 190 g/mol. The van der Waals surface area contributed by atoms with Gasteiger partial charge in [0.1, 0.15) is 17.4 Å². The quantitative estimate of drug-likeness (QED) is 0.763. The van der Waals surface area contributed by atoms with Crippen LogP contribution in [0.4, 0.5) is 0 Å². The van der Waals surface area contributed by atoms with Crippen LogP contribution in [0.25, 0.3) is 11.0 Å². The molecule has 0 saturated heterocycles.